The molecule has 0 fully saturated rings. The molecular formula is C46H35N3. The molecule has 0 aliphatic heterocycles. The minimum atomic E-state index is -0.0636. The molecule has 0 saturated carbocycles. The fraction of sp³-hybridized carbons (Fsp3) is 0.152. The minimum absolute atomic E-state index is 0.0340. The summed E-state index contributed by atoms with van der Waals surface area (Å²) >= 11 is 0. The van der Waals surface area contributed by atoms with Gasteiger partial charge in [0, 0.05) is 61.6 Å². The fourth-order valence-corrected chi connectivity index (χ4v) is 9.18. The predicted octanol–water partition coefficient (Wildman–Crippen LogP) is 11.6. The Kier molecular flexibility index (Phi) is 5.94. The van der Waals surface area contributed by atoms with Crippen LogP contribution in [0.15, 0.2) is 151 Å². The first-order chi connectivity index (χ1) is 24.0. The topological polar surface area (TPSA) is 33.6 Å². The van der Waals surface area contributed by atoms with Crippen LogP contribution in [0.3, 0.4) is 0 Å². The molecule has 7 aromatic rings. The molecule has 0 spiro atoms. The van der Waals surface area contributed by atoms with E-state index in [-0.39, 0.29) is 17.4 Å². The second-order valence-corrected chi connectivity index (χ2v) is 14.4. The number of benzene rings is 5. The first kappa shape index (κ1) is 28.2. The molecule has 2 unspecified atom stereocenters. The Hall–Kier alpha value is -5.85. The summed E-state index contributed by atoms with van der Waals surface area (Å²) in [5.74, 6) is 0.0974. The summed E-state index contributed by atoms with van der Waals surface area (Å²) in [5.41, 5.74) is 13.6. The van der Waals surface area contributed by atoms with Crippen LogP contribution in [0.1, 0.15) is 43.9 Å². The van der Waals surface area contributed by atoms with Gasteiger partial charge in [0.2, 0.25) is 0 Å². The number of rotatable bonds is 3. The summed E-state index contributed by atoms with van der Waals surface area (Å²) < 4.78 is 4.97. The Bertz CT molecular complexity index is 2660. The molecule has 2 heterocycles. The lowest BCUT2D eigenvalue weighted by Crippen LogP contribution is -2.18. The van der Waals surface area contributed by atoms with Crippen molar-refractivity contribution in [3.63, 3.8) is 0 Å². The van der Waals surface area contributed by atoms with E-state index < -0.39 is 0 Å². The van der Waals surface area contributed by atoms with Crippen LogP contribution in [0.2, 0.25) is 0 Å². The smallest absolute Gasteiger partial charge is 0.0948 e. The van der Waals surface area contributed by atoms with Gasteiger partial charge in [-0.2, -0.15) is 5.26 Å². The first-order valence-corrected chi connectivity index (χ1v) is 17.4. The molecule has 0 bridgehead atoms. The number of para-hydroxylation sites is 3. The number of nitriles is 1. The zero-order valence-corrected chi connectivity index (χ0v) is 27.7. The van der Waals surface area contributed by atoms with E-state index >= 15 is 0 Å². The monoisotopic (exact) mass is 629 g/mol. The molecule has 3 heteroatoms. The number of hydrogen-bond donors (Lipinski definition) is 0. The van der Waals surface area contributed by atoms with Crippen LogP contribution in [0.25, 0.3) is 60.4 Å². The molecule has 2 atom stereocenters. The first-order valence-electron chi connectivity index (χ1n) is 17.4. The highest BCUT2D eigenvalue weighted by molar-refractivity contribution is 6.12. The van der Waals surface area contributed by atoms with Crippen molar-refractivity contribution in [2.75, 3.05) is 0 Å². The van der Waals surface area contributed by atoms with Crippen molar-refractivity contribution >= 4 is 49.3 Å². The maximum Gasteiger partial charge on any atom is 0.0948 e. The molecule has 0 radical (unpaired) electrons. The molecule has 5 aromatic carbocycles. The highest BCUT2D eigenvalue weighted by Crippen LogP contribution is 2.51. The quantitative estimate of drug-likeness (QED) is 0.191. The van der Waals surface area contributed by atoms with Crippen LogP contribution in [0.5, 0.6) is 0 Å². The van der Waals surface area contributed by atoms with Crippen LogP contribution in [0.4, 0.5) is 0 Å². The Morgan fingerprint density at radius 3 is 2.08 bits per heavy atom. The normalized spacial score (nSPS) is 19.5. The lowest BCUT2D eigenvalue weighted by atomic mass is 9.82. The predicted molar refractivity (Wildman–Crippen MR) is 203 cm³/mol. The minimum Gasteiger partial charge on any atom is -0.333 e. The molecule has 3 aliphatic rings. The molecule has 10 rings (SSSR count). The molecule has 3 nitrogen and oxygen atoms in total. The largest absolute Gasteiger partial charge is 0.333 e. The molecular weight excluding hydrogens is 595 g/mol. The third-order valence-electron chi connectivity index (χ3n) is 11.4. The summed E-state index contributed by atoms with van der Waals surface area (Å²) in [6.45, 7) is 4.71. The molecule has 3 aliphatic carbocycles. The van der Waals surface area contributed by atoms with E-state index in [1.165, 1.54) is 77.1 Å². The Morgan fingerprint density at radius 1 is 0.694 bits per heavy atom. The third kappa shape index (κ3) is 3.95. The lowest BCUT2D eigenvalue weighted by Gasteiger charge is -2.30. The van der Waals surface area contributed by atoms with Crippen molar-refractivity contribution in [3.8, 4) is 17.2 Å². The number of nitrogens with zero attached hydrogens (tertiary/aromatic N) is 3. The molecule has 0 amide bonds. The summed E-state index contributed by atoms with van der Waals surface area (Å²) in [4.78, 5) is 0. The number of allylic oxidation sites excluding steroid dienone is 8. The summed E-state index contributed by atoms with van der Waals surface area (Å²) in [7, 11) is 0. The highest BCUT2D eigenvalue weighted by atomic mass is 15.0. The van der Waals surface area contributed by atoms with Gasteiger partial charge in [0.15, 0.2) is 0 Å². The lowest BCUT2D eigenvalue weighted by molar-refractivity contribution is 0.617. The molecule has 49 heavy (non-hydrogen) atoms. The van der Waals surface area contributed by atoms with E-state index in [4.69, 9.17) is 0 Å². The van der Waals surface area contributed by atoms with Gasteiger partial charge in [-0.1, -0.05) is 111 Å². The standard InChI is InChI=1S/C46H35N3/c1-46(2)39-18-8-3-14-33(39)37-27-45-38(26-40(37)46)36-17-7-12-22-44(36)49(45)41-19-9-4-13-32(41)30-23-29(28-47)24-31(25-30)48-42-20-10-5-15-34(42)35-16-6-11-21-43(35)48/h3-12,14-23,25-27,31-32H,13,24H2,1-2H3. The SMILES string of the molecule is CC1(C)c2ccccc2-c2cc3c(cc21)c1ccccc1n3C1=CC=CCC1C1=CC(n2c3ccccc3c3ccccc32)CC(C#N)=C1. The van der Waals surface area contributed by atoms with Crippen molar-refractivity contribution in [2.45, 2.75) is 38.1 Å². The average Bonchev–Trinajstić information content (AvgIpc) is 3.74. The van der Waals surface area contributed by atoms with Crippen LogP contribution in [0, 0.1) is 17.2 Å². The summed E-state index contributed by atoms with van der Waals surface area (Å²) in [5, 5.41) is 15.5. The number of aromatic nitrogens is 2. The van der Waals surface area contributed by atoms with E-state index in [0.717, 1.165) is 12.0 Å². The van der Waals surface area contributed by atoms with Gasteiger partial charge in [0.25, 0.3) is 0 Å². The van der Waals surface area contributed by atoms with E-state index in [0.29, 0.717) is 6.42 Å². The Morgan fingerprint density at radius 2 is 1.35 bits per heavy atom. The Balaban J connectivity index is 1.18. The molecule has 0 N–H and O–H groups in total. The van der Waals surface area contributed by atoms with Gasteiger partial charge in [-0.05, 0) is 76.7 Å². The zero-order valence-electron chi connectivity index (χ0n) is 27.7. The van der Waals surface area contributed by atoms with Gasteiger partial charge < -0.3 is 9.13 Å². The summed E-state index contributed by atoms with van der Waals surface area (Å²) in [6.07, 6.45) is 13.0. The third-order valence-corrected chi connectivity index (χ3v) is 11.4. The van der Waals surface area contributed by atoms with Crippen LogP contribution in [-0.2, 0) is 5.41 Å². The van der Waals surface area contributed by atoms with Crippen molar-refractivity contribution in [2.24, 2.45) is 5.92 Å². The molecule has 0 saturated heterocycles. The van der Waals surface area contributed by atoms with Crippen LogP contribution < -0.4 is 0 Å². The van der Waals surface area contributed by atoms with Gasteiger partial charge in [0.05, 0.1) is 23.1 Å². The second kappa shape index (κ2) is 10.3. The second-order valence-electron chi connectivity index (χ2n) is 14.4. The van der Waals surface area contributed by atoms with Gasteiger partial charge >= 0.3 is 0 Å². The zero-order chi connectivity index (χ0) is 32.9. The average molecular weight is 630 g/mol. The van der Waals surface area contributed by atoms with Crippen LogP contribution >= 0.6 is 0 Å². The van der Waals surface area contributed by atoms with E-state index in [1.54, 1.807) is 0 Å². The van der Waals surface area contributed by atoms with Crippen LogP contribution in [-0.4, -0.2) is 9.13 Å². The van der Waals surface area contributed by atoms with Gasteiger partial charge in [-0.15, -0.1) is 0 Å². The maximum atomic E-state index is 10.4. The summed E-state index contributed by atoms with van der Waals surface area (Å²) in [6, 6.07) is 42.6. The van der Waals surface area contributed by atoms with Crippen molar-refractivity contribution in [3.05, 3.63) is 162 Å². The Labute approximate surface area is 286 Å². The van der Waals surface area contributed by atoms with E-state index in [9.17, 15) is 5.26 Å². The van der Waals surface area contributed by atoms with Gasteiger partial charge in [-0.25, -0.2) is 0 Å². The fourth-order valence-electron chi connectivity index (χ4n) is 9.18. The maximum absolute atomic E-state index is 10.4. The van der Waals surface area contributed by atoms with Crippen molar-refractivity contribution < 1.29 is 0 Å². The number of fused-ring (bicyclic) bond motifs is 9. The van der Waals surface area contributed by atoms with E-state index in [1.807, 2.05) is 0 Å². The number of hydrogen-bond acceptors (Lipinski definition) is 1. The molecule has 2 aromatic heterocycles. The molecule has 234 valence electrons. The van der Waals surface area contributed by atoms with E-state index in [2.05, 4.69) is 169 Å². The van der Waals surface area contributed by atoms with Crippen molar-refractivity contribution in [1.82, 2.24) is 9.13 Å². The van der Waals surface area contributed by atoms with Gasteiger partial charge in [-0.3, -0.25) is 0 Å². The van der Waals surface area contributed by atoms with Gasteiger partial charge in [0.1, 0.15) is 0 Å². The van der Waals surface area contributed by atoms with Crippen molar-refractivity contribution in [1.29, 1.82) is 5.26 Å². The highest BCUT2D eigenvalue weighted by Gasteiger charge is 2.36.